The van der Waals surface area contributed by atoms with Gasteiger partial charge in [0.05, 0.1) is 6.67 Å². The van der Waals surface area contributed by atoms with Crippen molar-refractivity contribution in [3.05, 3.63) is 0 Å². The van der Waals surface area contributed by atoms with Gasteiger partial charge in [-0.15, -0.1) is 0 Å². The van der Waals surface area contributed by atoms with Crippen LogP contribution in [-0.2, 0) is 9.59 Å². The molecule has 0 radical (unpaired) electrons. The minimum absolute atomic E-state index is 0.0124. The van der Waals surface area contributed by atoms with Gasteiger partial charge in [-0.05, 0) is 19.8 Å². The number of carboxylic acids is 1. The monoisotopic (exact) mass is 191 g/mol. The van der Waals surface area contributed by atoms with Gasteiger partial charge in [-0.1, -0.05) is 0 Å². The lowest BCUT2D eigenvalue weighted by Crippen LogP contribution is -2.43. The smallest absolute Gasteiger partial charge is 0.318 e. The first-order valence-corrected chi connectivity index (χ1v) is 4.00. The van der Waals surface area contributed by atoms with Crippen LogP contribution in [0.3, 0.4) is 0 Å². The molecule has 0 bridgehead atoms. The van der Waals surface area contributed by atoms with Crippen molar-refractivity contribution in [2.45, 2.75) is 19.8 Å². The van der Waals surface area contributed by atoms with Crippen LogP contribution in [0.2, 0.25) is 0 Å². The summed E-state index contributed by atoms with van der Waals surface area (Å²) in [6, 6.07) is 0. The summed E-state index contributed by atoms with van der Waals surface area (Å²) in [5, 5.41) is 11.0. The van der Waals surface area contributed by atoms with E-state index in [1.165, 1.54) is 14.0 Å². The molecule has 0 aliphatic carbocycles. The Labute approximate surface area is 76.1 Å². The van der Waals surface area contributed by atoms with Gasteiger partial charge in [0, 0.05) is 7.05 Å². The first-order chi connectivity index (χ1) is 5.99. The third kappa shape index (κ3) is 2.68. The van der Waals surface area contributed by atoms with Crippen molar-refractivity contribution < 1.29 is 19.1 Å². The molecule has 4 nitrogen and oxygen atoms in total. The summed E-state index contributed by atoms with van der Waals surface area (Å²) in [6.45, 7) is 0.684. The van der Waals surface area contributed by atoms with Gasteiger partial charge in [0.15, 0.2) is 0 Å². The minimum Gasteiger partial charge on any atom is -0.480 e. The molecule has 0 spiro atoms. The lowest BCUT2D eigenvalue weighted by Gasteiger charge is -2.21. The fourth-order valence-corrected chi connectivity index (χ4v) is 1.01. The summed E-state index contributed by atoms with van der Waals surface area (Å²) in [4.78, 5) is 21.9. The number of aliphatic carboxylic acids is 1. The first kappa shape index (κ1) is 11.9. The zero-order valence-electron chi connectivity index (χ0n) is 7.76. The molecule has 0 saturated carbocycles. The van der Waals surface area contributed by atoms with Crippen LogP contribution in [0.25, 0.3) is 0 Å². The highest BCUT2D eigenvalue weighted by Crippen LogP contribution is 2.23. The van der Waals surface area contributed by atoms with Gasteiger partial charge in [0.2, 0.25) is 5.91 Å². The van der Waals surface area contributed by atoms with E-state index in [9.17, 15) is 14.0 Å². The Morgan fingerprint density at radius 1 is 1.54 bits per heavy atom. The van der Waals surface area contributed by atoms with E-state index < -0.39 is 24.0 Å². The molecule has 0 aromatic carbocycles. The molecule has 13 heavy (non-hydrogen) atoms. The van der Waals surface area contributed by atoms with Crippen LogP contribution in [0, 0.1) is 5.41 Å². The maximum absolute atomic E-state index is 11.8. The second-order valence-corrected chi connectivity index (χ2v) is 3.01. The molecule has 0 aromatic rings. The van der Waals surface area contributed by atoms with Crippen LogP contribution in [-0.4, -0.2) is 30.7 Å². The minimum atomic E-state index is -1.51. The number of nitrogens with one attached hydrogen (secondary N) is 1. The van der Waals surface area contributed by atoms with Crippen molar-refractivity contribution in [3.8, 4) is 0 Å². The molecule has 1 unspecified atom stereocenters. The molecule has 76 valence electrons. The maximum atomic E-state index is 11.8. The van der Waals surface area contributed by atoms with Crippen LogP contribution in [0.5, 0.6) is 0 Å². The Morgan fingerprint density at radius 2 is 2.08 bits per heavy atom. The van der Waals surface area contributed by atoms with E-state index in [0.717, 1.165) is 0 Å². The fraction of sp³-hybridized carbons (Fsp3) is 0.750. The van der Waals surface area contributed by atoms with Crippen molar-refractivity contribution in [3.63, 3.8) is 0 Å². The second kappa shape index (κ2) is 4.79. The summed E-state index contributed by atoms with van der Waals surface area (Å²) in [7, 11) is 1.36. The van der Waals surface area contributed by atoms with Gasteiger partial charge < -0.3 is 10.4 Å². The third-order valence-electron chi connectivity index (χ3n) is 2.01. The zero-order chi connectivity index (χ0) is 10.5. The predicted molar refractivity (Wildman–Crippen MR) is 45.0 cm³/mol. The van der Waals surface area contributed by atoms with Crippen molar-refractivity contribution >= 4 is 11.9 Å². The SMILES string of the molecule is CNC(=O)C(C)(CCCF)C(=O)O. The highest BCUT2D eigenvalue weighted by Gasteiger charge is 2.39. The van der Waals surface area contributed by atoms with Crippen molar-refractivity contribution in [2.24, 2.45) is 5.41 Å². The quantitative estimate of drug-likeness (QED) is 0.624. The standard InChI is InChI=1S/C8H14FNO3/c1-8(7(12)13,4-3-5-9)6(11)10-2/h3-5H2,1-2H3,(H,10,11)(H,12,13). The number of alkyl halides is 1. The average Bonchev–Trinajstić information content (AvgIpc) is 2.12. The molecule has 0 heterocycles. The molecule has 0 saturated heterocycles. The highest BCUT2D eigenvalue weighted by molar-refractivity contribution is 6.01. The topological polar surface area (TPSA) is 66.4 Å². The number of carboxylic acid groups (broad SMARTS) is 1. The molecule has 0 aliphatic rings. The van der Waals surface area contributed by atoms with Crippen LogP contribution < -0.4 is 5.32 Å². The normalized spacial score (nSPS) is 14.7. The fourth-order valence-electron chi connectivity index (χ4n) is 1.01. The van der Waals surface area contributed by atoms with E-state index in [0.29, 0.717) is 0 Å². The van der Waals surface area contributed by atoms with Gasteiger partial charge in [-0.25, -0.2) is 0 Å². The molecule has 1 amide bonds. The molecular weight excluding hydrogens is 177 g/mol. The Balaban J connectivity index is 4.52. The number of hydrogen-bond acceptors (Lipinski definition) is 2. The number of carbonyl (C=O) groups is 2. The molecule has 0 aromatic heterocycles. The first-order valence-electron chi connectivity index (χ1n) is 4.00. The second-order valence-electron chi connectivity index (χ2n) is 3.01. The van der Waals surface area contributed by atoms with Crippen molar-refractivity contribution in [1.82, 2.24) is 5.32 Å². The number of amides is 1. The van der Waals surface area contributed by atoms with Gasteiger partial charge in [-0.2, -0.15) is 0 Å². The number of carbonyl (C=O) groups excluding carboxylic acids is 1. The van der Waals surface area contributed by atoms with Crippen LogP contribution in [0.4, 0.5) is 4.39 Å². The van der Waals surface area contributed by atoms with Gasteiger partial charge >= 0.3 is 5.97 Å². The van der Waals surface area contributed by atoms with E-state index in [1.807, 2.05) is 0 Å². The Kier molecular flexibility index (Phi) is 4.37. The molecular formula is C8H14FNO3. The van der Waals surface area contributed by atoms with Gasteiger partial charge in [0.25, 0.3) is 0 Å². The summed E-state index contributed by atoms with van der Waals surface area (Å²) >= 11 is 0. The average molecular weight is 191 g/mol. The zero-order valence-corrected chi connectivity index (χ0v) is 7.76. The van der Waals surface area contributed by atoms with E-state index in [2.05, 4.69) is 5.32 Å². The molecule has 5 heteroatoms. The number of rotatable bonds is 5. The van der Waals surface area contributed by atoms with E-state index in [-0.39, 0.29) is 12.8 Å². The summed E-state index contributed by atoms with van der Waals surface area (Å²) in [6.07, 6.45) is 0.0920. The third-order valence-corrected chi connectivity index (χ3v) is 2.01. The van der Waals surface area contributed by atoms with Crippen molar-refractivity contribution in [2.75, 3.05) is 13.7 Å². The van der Waals surface area contributed by atoms with Gasteiger partial charge in [0.1, 0.15) is 5.41 Å². The number of hydrogen-bond donors (Lipinski definition) is 2. The lowest BCUT2D eigenvalue weighted by atomic mass is 9.84. The van der Waals surface area contributed by atoms with E-state index >= 15 is 0 Å². The molecule has 0 aliphatic heterocycles. The highest BCUT2D eigenvalue weighted by atomic mass is 19.1. The predicted octanol–water partition coefficient (Wildman–Crippen LogP) is 0.573. The summed E-state index contributed by atoms with van der Waals surface area (Å²) in [5.41, 5.74) is -1.51. The van der Waals surface area contributed by atoms with E-state index in [1.54, 1.807) is 0 Å². The van der Waals surface area contributed by atoms with E-state index in [4.69, 9.17) is 5.11 Å². The van der Waals surface area contributed by atoms with Gasteiger partial charge in [-0.3, -0.25) is 14.0 Å². The largest absolute Gasteiger partial charge is 0.480 e. The van der Waals surface area contributed by atoms with Crippen molar-refractivity contribution in [1.29, 1.82) is 0 Å². The Bertz CT molecular complexity index is 208. The van der Waals surface area contributed by atoms with Crippen LogP contribution >= 0.6 is 0 Å². The lowest BCUT2D eigenvalue weighted by molar-refractivity contribution is -0.155. The number of halogens is 1. The summed E-state index contributed by atoms with van der Waals surface area (Å²) < 4.78 is 11.8. The Morgan fingerprint density at radius 3 is 2.38 bits per heavy atom. The van der Waals surface area contributed by atoms with Crippen LogP contribution in [0.15, 0.2) is 0 Å². The maximum Gasteiger partial charge on any atom is 0.318 e. The Hall–Kier alpha value is -1.13. The molecule has 1 atom stereocenters. The summed E-state index contributed by atoms with van der Waals surface area (Å²) in [5.74, 6) is -1.81. The molecule has 0 fully saturated rings. The van der Waals surface area contributed by atoms with Crippen LogP contribution in [0.1, 0.15) is 19.8 Å². The molecule has 0 rings (SSSR count). The molecule has 2 N–H and O–H groups in total.